The van der Waals surface area contributed by atoms with Crippen molar-refractivity contribution in [2.24, 2.45) is 0 Å². The van der Waals surface area contributed by atoms with Gasteiger partial charge >= 0.3 is 0 Å². The summed E-state index contributed by atoms with van der Waals surface area (Å²) in [7, 11) is 0. The van der Waals surface area contributed by atoms with E-state index in [-0.39, 0.29) is 0 Å². The van der Waals surface area contributed by atoms with E-state index < -0.39 is 0 Å². The molecule has 2 unspecified atom stereocenters. The monoisotopic (exact) mass is 244 g/mol. The van der Waals surface area contributed by atoms with Gasteiger partial charge in [0.2, 0.25) is 0 Å². The van der Waals surface area contributed by atoms with Crippen molar-refractivity contribution in [2.45, 2.75) is 44.2 Å². The molecule has 2 heterocycles. The van der Waals surface area contributed by atoms with E-state index in [1.54, 1.807) is 0 Å². The highest BCUT2D eigenvalue weighted by Crippen LogP contribution is 2.21. The maximum Gasteiger partial charge on any atom is 0.0235 e. The van der Waals surface area contributed by atoms with Crippen molar-refractivity contribution in [3.63, 3.8) is 0 Å². The zero-order chi connectivity index (χ0) is 12.2. The fourth-order valence-electron chi connectivity index (χ4n) is 3.39. The van der Waals surface area contributed by atoms with Gasteiger partial charge in [0.15, 0.2) is 0 Å². The molecule has 0 amide bonds. The molecule has 2 aliphatic rings. The summed E-state index contributed by atoms with van der Waals surface area (Å²) in [5.41, 5.74) is 1.48. The van der Waals surface area contributed by atoms with Gasteiger partial charge in [0, 0.05) is 18.6 Å². The third-order valence-corrected chi connectivity index (χ3v) is 4.48. The van der Waals surface area contributed by atoms with Crippen LogP contribution in [0.2, 0.25) is 0 Å². The zero-order valence-corrected chi connectivity index (χ0v) is 11.1. The average molecular weight is 244 g/mol. The number of benzene rings is 1. The molecular formula is C16H24N2. The zero-order valence-electron chi connectivity index (χ0n) is 11.1. The fourth-order valence-corrected chi connectivity index (χ4v) is 3.39. The Morgan fingerprint density at radius 3 is 2.67 bits per heavy atom. The summed E-state index contributed by atoms with van der Waals surface area (Å²) in [6.07, 6.45) is 6.67. The first-order valence-corrected chi connectivity index (χ1v) is 7.43. The summed E-state index contributed by atoms with van der Waals surface area (Å²) < 4.78 is 0. The van der Waals surface area contributed by atoms with Crippen LogP contribution in [0.15, 0.2) is 30.3 Å². The average Bonchev–Trinajstić information content (AvgIpc) is 3.08. The van der Waals surface area contributed by atoms with E-state index in [1.165, 1.54) is 57.3 Å². The van der Waals surface area contributed by atoms with Crippen LogP contribution in [0.1, 0.15) is 31.2 Å². The molecule has 2 fully saturated rings. The second-order valence-electron chi connectivity index (χ2n) is 5.76. The Hall–Kier alpha value is -0.860. The summed E-state index contributed by atoms with van der Waals surface area (Å²) in [4.78, 5) is 2.69. The lowest BCUT2D eigenvalue weighted by Gasteiger charge is -2.22. The van der Waals surface area contributed by atoms with E-state index >= 15 is 0 Å². The Kier molecular flexibility index (Phi) is 3.96. The van der Waals surface area contributed by atoms with Crippen LogP contribution in [-0.2, 0) is 6.42 Å². The van der Waals surface area contributed by atoms with Crippen molar-refractivity contribution < 1.29 is 0 Å². The second-order valence-corrected chi connectivity index (χ2v) is 5.76. The summed E-state index contributed by atoms with van der Waals surface area (Å²) in [6.45, 7) is 3.87. The molecule has 0 spiro atoms. The topological polar surface area (TPSA) is 15.3 Å². The van der Waals surface area contributed by atoms with E-state index in [0.717, 1.165) is 12.1 Å². The molecule has 2 heteroatoms. The number of hydrogen-bond acceptors (Lipinski definition) is 2. The molecule has 98 valence electrons. The van der Waals surface area contributed by atoms with Gasteiger partial charge in [-0.3, -0.25) is 4.90 Å². The molecule has 1 aromatic carbocycles. The number of nitrogens with zero attached hydrogens (tertiary/aromatic N) is 1. The Morgan fingerprint density at radius 2 is 1.89 bits per heavy atom. The number of nitrogens with one attached hydrogen (secondary N) is 1. The van der Waals surface area contributed by atoms with E-state index in [4.69, 9.17) is 0 Å². The van der Waals surface area contributed by atoms with Crippen LogP contribution in [0.25, 0.3) is 0 Å². The maximum atomic E-state index is 3.71. The lowest BCUT2D eigenvalue weighted by molar-refractivity contribution is 0.255. The lowest BCUT2D eigenvalue weighted by atomic mass is 10.0. The fraction of sp³-hybridized carbons (Fsp3) is 0.625. The molecule has 0 aromatic heterocycles. The van der Waals surface area contributed by atoms with Gasteiger partial charge in [0.1, 0.15) is 0 Å². The predicted octanol–water partition coefficient (Wildman–Crippen LogP) is 2.45. The SMILES string of the molecule is c1ccc(CCC2CC(N3CCCC3)CN2)cc1. The van der Waals surface area contributed by atoms with Crippen molar-refractivity contribution in [3.05, 3.63) is 35.9 Å². The largest absolute Gasteiger partial charge is 0.312 e. The van der Waals surface area contributed by atoms with Gasteiger partial charge < -0.3 is 5.32 Å². The van der Waals surface area contributed by atoms with Crippen LogP contribution in [0.3, 0.4) is 0 Å². The summed E-state index contributed by atoms with van der Waals surface area (Å²) in [6, 6.07) is 12.4. The van der Waals surface area contributed by atoms with E-state index in [0.29, 0.717) is 0 Å². The summed E-state index contributed by atoms with van der Waals surface area (Å²) in [5, 5.41) is 3.71. The first kappa shape index (κ1) is 12.2. The van der Waals surface area contributed by atoms with E-state index in [2.05, 4.69) is 40.5 Å². The van der Waals surface area contributed by atoms with Crippen molar-refractivity contribution in [1.82, 2.24) is 10.2 Å². The lowest BCUT2D eigenvalue weighted by Crippen LogP contribution is -2.34. The summed E-state index contributed by atoms with van der Waals surface area (Å²) in [5.74, 6) is 0. The van der Waals surface area contributed by atoms with Crippen LogP contribution in [0, 0.1) is 0 Å². The molecule has 2 aliphatic heterocycles. The van der Waals surface area contributed by atoms with Gasteiger partial charge in [-0.25, -0.2) is 0 Å². The van der Waals surface area contributed by atoms with Crippen molar-refractivity contribution >= 4 is 0 Å². The molecule has 2 nitrogen and oxygen atoms in total. The standard InChI is InChI=1S/C16H24N2/c1-2-6-14(7-3-1)8-9-15-12-16(13-17-15)18-10-4-5-11-18/h1-3,6-7,15-17H,4-5,8-13H2. The van der Waals surface area contributed by atoms with Crippen LogP contribution in [0.4, 0.5) is 0 Å². The molecule has 3 rings (SSSR count). The van der Waals surface area contributed by atoms with Crippen LogP contribution in [-0.4, -0.2) is 36.6 Å². The van der Waals surface area contributed by atoms with E-state index in [9.17, 15) is 0 Å². The normalized spacial score (nSPS) is 28.9. The van der Waals surface area contributed by atoms with Crippen LogP contribution >= 0.6 is 0 Å². The molecule has 2 atom stereocenters. The van der Waals surface area contributed by atoms with Gasteiger partial charge in [-0.2, -0.15) is 0 Å². The number of rotatable bonds is 4. The summed E-state index contributed by atoms with van der Waals surface area (Å²) >= 11 is 0. The number of aryl methyl sites for hydroxylation is 1. The third-order valence-electron chi connectivity index (χ3n) is 4.48. The third kappa shape index (κ3) is 2.93. The molecule has 0 aliphatic carbocycles. The number of likely N-dealkylation sites (tertiary alicyclic amines) is 1. The minimum absolute atomic E-state index is 0.732. The molecule has 0 bridgehead atoms. The molecule has 1 N–H and O–H groups in total. The van der Waals surface area contributed by atoms with Crippen molar-refractivity contribution in [3.8, 4) is 0 Å². The van der Waals surface area contributed by atoms with Crippen LogP contribution in [0.5, 0.6) is 0 Å². The molecular weight excluding hydrogens is 220 g/mol. The Morgan fingerprint density at radius 1 is 1.11 bits per heavy atom. The Bertz CT molecular complexity index is 357. The van der Waals surface area contributed by atoms with Crippen molar-refractivity contribution in [2.75, 3.05) is 19.6 Å². The molecule has 0 radical (unpaired) electrons. The molecule has 1 aromatic rings. The molecule has 2 saturated heterocycles. The smallest absolute Gasteiger partial charge is 0.0235 e. The highest BCUT2D eigenvalue weighted by atomic mass is 15.2. The Labute approximate surface area is 110 Å². The number of hydrogen-bond donors (Lipinski definition) is 1. The minimum Gasteiger partial charge on any atom is -0.312 e. The van der Waals surface area contributed by atoms with Gasteiger partial charge in [-0.05, 0) is 50.8 Å². The molecule has 18 heavy (non-hydrogen) atoms. The highest BCUT2D eigenvalue weighted by Gasteiger charge is 2.29. The van der Waals surface area contributed by atoms with Crippen molar-refractivity contribution in [1.29, 1.82) is 0 Å². The first-order chi connectivity index (χ1) is 8.92. The van der Waals surface area contributed by atoms with Crippen LogP contribution < -0.4 is 5.32 Å². The minimum atomic E-state index is 0.732. The quantitative estimate of drug-likeness (QED) is 0.875. The Balaban J connectivity index is 1.45. The molecule has 0 saturated carbocycles. The first-order valence-electron chi connectivity index (χ1n) is 7.43. The second kappa shape index (κ2) is 5.85. The van der Waals surface area contributed by atoms with Gasteiger partial charge in [0.25, 0.3) is 0 Å². The van der Waals surface area contributed by atoms with Gasteiger partial charge in [-0.15, -0.1) is 0 Å². The maximum absolute atomic E-state index is 3.71. The highest BCUT2D eigenvalue weighted by molar-refractivity contribution is 5.15. The predicted molar refractivity (Wildman–Crippen MR) is 75.8 cm³/mol. The van der Waals surface area contributed by atoms with Gasteiger partial charge in [-0.1, -0.05) is 30.3 Å². The van der Waals surface area contributed by atoms with Gasteiger partial charge in [0.05, 0.1) is 0 Å². The van der Waals surface area contributed by atoms with E-state index in [1.807, 2.05) is 0 Å².